The summed E-state index contributed by atoms with van der Waals surface area (Å²) in [5.41, 5.74) is 0.558. The summed E-state index contributed by atoms with van der Waals surface area (Å²) >= 11 is 0. The largest absolute Gasteiger partial charge is 0.496 e. The van der Waals surface area contributed by atoms with E-state index in [4.69, 9.17) is 9.47 Å². The molecule has 1 rings (SSSR count). The molecular weight excluding hydrogens is 245 g/mol. The van der Waals surface area contributed by atoms with Crippen molar-refractivity contribution >= 4 is 0 Å². The Hall–Kier alpha value is -1.13. The third kappa shape index (κ3) is 5.17. The molecule has 0 radical (unpaired) electrons. The van der Waals surface area contributed by atoms with Gasteiger partial charge >= 0.3 is 0 Å². The number of likely N-dealkylation sites (N-methyl/N-ethyl adjacent to an activating group) is 1. The third-order valence-electron chi connectivity index (χ3n) is 2.70. The highest BCUT2D eigenvalue weighted by atomic mass is 19.1. The summed E-state index contributed by atoms with van der Waals surface area (Å²) in [6.07, 6.45) is 0. The Bertz CT molecular complexity index is 402. The molecule has 0 aliphatic heterocycles. The highest BCUT2D eigenvalue weighted by molar-refractivity contribution is 5.36. The van der Waals surface area contributed by atoms with Crippen LogP contribution in [0, 0.1) is 5.82 Å². The first-order chi connectivity index (χ1) is 8.87. The molecule has 1 atom stereocenters. The van der Waals surface area contributed by atoms with Gasteiger partial charge in [-0.25, -0.2) is 4.39 Å². The monoisotopic (exact) mass is 269 g/mol. The van der Waals surface area contributed by atoms with Gasteiger partial charge in [-0.05, 0) is 45.5 Å². The molecule has 19 heavy (non-hydrogen) atoms. The number of hydrogen-bond donors (Lipinski definition) is 1. The van der Waals surface area contributed by atoms with Crippen LogP contribution in [0.4, 0.5) is 4.39 Å². The molecule has 0 heterocycles. The lowest BCUT2D eigenvalue weighted by atomic mass is 10.1. The lowest BCUT2D eigenvalue weighted by Crippen LogP contribution is -2.30. The van der Waals surface area contributed by atoms with E-state index in [1.54, 1.807) is 13.2 Å². The van der Waals surface area contributed by atoms with E-state index in [9.17, 15) is 4.39 Å². The number of methoxy groups -OCH3 is 1. The summed E-state index contributed by atoms with van der Waals surface area (Å²) in [6.45, 7) is 9.25. The molecule has 1 aromatic rings. The number of hydrogen-bond acceptors (Lipinski definition) is 3. The molecule has 0 fully saturated rings. The van der Waals surface area contributed by atoms with Crippen molar-refractivity contribution in [2.75, 3.05) is 20.3 Å². The van der Waals surface area contributed by atoms with Crippen molar-refractivity contribution in [2.24, 2.45) is 0 Å². The Labute approximate surface area is 115 Å². The molecule has 0 saturated heterocycles. The summed E-state index contributed by atoms with van der Waals surface area (Å²) in [5, 5.41) is 3.30. The highest BCUT2D eigenvalue weighted by Crippen LogP contribution is 2.27. The van der Waals surface area contributed by atoms with Crippen LogP contribution in [-0.2, 0) is 4.74 Å². The topological polar surface area (TPSA) is 30.5 Å². The van der Waals surface area contributed by atoms with Crippen LogP contribution in [0.2, 0.25) is 0 Å². The normalized spacial score (nSPS) is 13.4. The van der Waals surface area contributed by atoms with E-state index < -0.39 is 0 Å². The van der Waals surface area contributed by atoms with Crippen LogP contribution in [0.3, 0.4) is 0 Å². The zero-order chi connectivity index (χ0) is 14.5. The van der Waals surface area contributed by atoms with E-state index in [0.717, 1.165) is 12.1 Å². The van der Waals surface area contributed by atoms with Crippen LogP contribution in [0.5, 0.6) is 5.75 Å². The number of ether oxygens (including phenoxy) is 2. The first-order valence-corrected chi connectivity index (χ1v) is 6.58. The Morgan fingerprint density at radius 3 is 2.53 bits per heavy atom. The fourth-order valence-corrected chi connectivity index (χ4v) is 1.82. The van der Waals surface area contributed by atoms with E-state index >= 15 is 0 Å². The highest BCUT2D eigenvalue weighted by Gasteiger charge is 2.19. The Balaban J connectivity index is 2.94. The summed E-state index contributed by atoms with van der Waals surface area (Å²) in [5.74, 6) is 0.402. The molecule has 0 saturated carbocycles. The average Bonchev–Trinajstić information content (AvgIpc) is 2.33. The van der Waals surface area contributed by atoms with Crippen LogP contribution >= 0.6 is 0 Å². The van der Waals surface area contributed by atoms with Gasteiger partial charge in [0.05, 0.1) is 25.4 Å². The van der Waals surface area contributed by atoms with Gasteiger partial charge in [-0.15, -0.1) is 0 Å². The number of halogens is 1. The molecule has 0 aromatic heterocycles. The van der Waals surface area contributed by atoms with Gasteiger partial charge in [0.2, 0.25) is 0 Å². The minimum Gasteiger partial charge on any atom is -0.496 e. The van der Waals surface area contributed by atoms with Crippen molar-refractivity contribution in [2.45, 2.75) is 39.3 Å². The fraction of sp³-hybridized carbons (Fsp3) is 0.600. The van der Waals surface area contributed by atoms with Gasteiger partial charge in [-0.2, -0.15) is 0 Å². The van der Waals surface area contributed by atoms with Gasteiger partial charge in [0, 0.05) is 5.56 Å². The quantitative estimate of drug-likeness (QED) is 0.859. The SMILES string of the molecule is CCNC(COC(C)(C)C)c1cc(F)ccc1OC. The summed E-state index contributed by atoms with van der Waals surface area (Å²) in [6, 6.07) is 4.45. The first-order valence-electron chi connectivity index (χ1n) is 6.58. The standard InChI is InChI=1S/C15H24FNO2/c1-6-17-13(10-19-15(2,3)4)12-9-11(16)7-8-14(12)18-5/h7-9,13,17H,6,10H2,1-5H3. The lowest BCUT2D eigenvalue weighted by molar-refractivity contribution is -0.0149. The zero-order valence-electron chi connectivity index (χ0n) is 12.4. The zero-order valence-corrected chi connectivity index (χ0v) is 12.4. The predicted molar refractivity (Wildman–Crippen MR) is 75.1 cm³/mol. The van der Waals surface area contributed by atoms with Gasteiger partial charge < -0.3 is 14.8 Å². The third-order valence-corrected chi connectivity index (χ3v) is 2.70. The van der Waals surface area contributed by atoms with Gasteiger partial charge in [0.1, 0.15) is 11.6 Å². The van der Waals surface area contributed by atoms with Crippen LogP contribution in [-0.4, -0.2) is 25.9 Å². The van der Waals surface area contributed by atoms with E-state index in [-0.39, 0.29) is 17.5 Å². The molecule has 3 nitrogen and oxygen atoms in total. The second kappa shape index (κ2) is 6.87. The number of rotatable bonds is 6. The van der Waals surface area contributed by atoms with Crippen LogP contribution in [0.25, 0.3) is 0 Å². The average molecular weight is 269 g/mol. The molecule has 108 valence electrons. The van der Waals surface area contributed by atoms with Crippen molar-refractivity contribution in [1.82, 2.24) is 5.32 Å². The maximum atomic E-state index is 13.4. The van der Waals surface area contributed by atoms with Crippen molar-refractivity contribution in [3.8, 4) is 5.75 Å². The summed E-state index contributed by atoms with van der Waals surface area (Å²) < 4.78 is 24.5. The summed E-state index contributed by atoms with van der Waals surface area (Å²) in [7, 11) is 1.59. The minimum atomic E-state index is -0.269. The molecule has 0 amide bonds. The van der Waals surface area contributed by atoms with E-state index in [2.05, 4.69) is 5.32 Å². The molecule has 1 N–H and O–H groups in total. The molecule has 0 aliphatic carbocycles. The van der Waals surface area contributed by atoms with Crippen molar-refractivity contribution < 1.29 is 13.9 Å². The Morgan fingerprint density at radius 1 is 1.32 bits per heavy atom. The van der Waals surface area contributed by atoms with E-state index in [0.29, 0.717) is 12.4 Å². The van der Waals surface area contributed by atoms with E-state index in [1.807, 2.05) is 27.7 Å². The molecular formula is C15H24FNO2. The first kappa shape index (κ1) is 15.9. The molecule has 4 heteroatoms. The maximum Gasteiger partial charge on any atom is 0.123 e. The maximum absolute atomic E-state index is 13.4. The van der Waals surface area contributed by atoms with E-state index in [1.165, 1.54) is 12.1 Å². The number of nitrogens with one attached hydrogen (secondary N) is 1. The van der Waals surface area contributed by atoms with Gasteiger partial charge in [-0.3, -0.25) is 0 Å². The molecule has 0 aliphatic rings. The van der Waals surface area contributed by atoms with Gasteiger partial charge in [0.15, 0.2) is 0 Å². The molecule has 1 aromatic carbocycles. The smallest absolute Gasteiger partial charge is 0.123 e. The van der Waals surface area contributed by atoms with Crippen molar-refractivity contribution in [3.63, 3.8) is 0 Å². The molecule has 1 unspecified atom stereocenters. The lowest BCUT2D eigenvalue weighted by Gasteiger charge is -2.26. The second-order valence-corrected chi connectivity index (χ2v) is 5.42. The van der Waals surface area contributed by atoms with Crippen molar-refractivity contribution in [3.05, 3.63) is 29.6 Å². The molecule has 0 spiro atoms. The Morgan fingerprint density at radius 2 is 2.00 bits per heavy atom. The fourth-order valence-electron chi connectivity index (χ4n) is 1.82. The number of benzene rings is 1. The van der Waals surface area contributed by atoms with Crippen molar-refractivity contribution in [1.29, 1.82) is 0 Å². The minimum absolute atomic E-state index is 0.0881. The van der Waals surface area contributed by atoms with Crippen LogP contribution in [0.1, 0.15) is 39.3 Å². The van der Waals surface area contributed by atoms with Gasteiger partial charge in [0.25, 0.3) is 0 Å². The van der Waals surface area contributed by atoms with Gasteiger partial charge in [-0.1, -0.05) is 6.92 Å². The second-order valence-electron chi connectivity index (χ2n) is 5.42. The molecule has 0 bridgehead atoms. The van der Waals surface area contributed by atoms with Crippen LogP contribution < -0.4 is 10.1 Å². The Kier molecular flexibility index (Phi) is 5.76. The van der Waals surface area contributed by atoms with Crippen LogP contribution in [0.15, 0.2) is 18.2 Å². The summed E-state index contributed by atoms with van der Waals surface area (Å²) in [4.78, 5) is 0. The predicted octanol–water partition coefficient (Wildman–Crippen LogP) is 3.30.